The molecule has 22 heavy (non-hydrogen) atoms. The van der Waals surface area contributed by atoms with Crippen LogP contribution in [0.1, 0.15) is 24.4 Å². The van der Waals surface area contributed by atoms with Gasteiger partial charge in [-0.3, -0.25) is 9.59 Å². The van der Waals surface area contributed by atoms with E-state index in [9.17, 15) is 14.7 Å². The van der Waals surface area contributed by atoms with Crippen molar-refractivity contribution in [3.8, 4) is 0 Å². The van der Waals surface area contributed by atoms with Crippen molar-refractivity contribution in [2.75, 3.05) is 20.1 Å². The van der Waals surface area contributed by atoms with Crippen LogP contribution in [0, 0.1) is 5.92 Å². The minimum absolute atomic E-state index is 0.0388. The lowest BCUT2D eigenvalue weighted by atomic mass is 9.92. The van der Waals surface area contributed by atoms with Crippen molar-refractivity contribution in [2.24, 2.45) is 5.92 Å². The molecule has 1 aromatic carbocycles. The van der Waals surface area contributed by atoms with Crippen molar-refractivity contribution in [2.45, 2.75) is 25.0 Å². The Morgan fingerprint density at radius 3 is 2.82 bits per heavy atom. The summed E-state index contributed by atoms with van der Waals surface area (Å²) in [6.07, 6.45) is 0.354. The van der Waals surface area contributed by atoms with E-state index in [1.54, 1.807) is 29.0 Å². The lowest BCUT2D eigenvalue weighted by Gasteiger charge is -2.27. The minimum Gasteiger partial charge on any atom is -0.391 e. The molecule has 118 valence electrons. The predicted octanol–water partition coefficient (Wildman–Crippen LogP) is 1.45. The zero-order valence-corrected chi connectivity index (χ0v) is 13.2. The van der Waals surface area contributed by atoms with Crippen LogP contribution in [0.15, 0.2) is 24.3 Å². The lowest BCUT2D eigenvalue weighted by Crippen LogP contribution is -2.37. The van der Waals surface area contributed by atoms with Crippen LogP contribution in [0.2, 0.25) is 5.02 Å². The van der Waals surface area contributed by atoms with Crippen molar-refractivity contribution in [1.82, 2.24) is 9.80 Å². The number of aliphatic hydroxyl groups is 1. The maximum absolute atomic E-state index is 12.8. The molecule has 0 saturated carbocycles. The van der Waals surface area contributed by atoms with Gasteiger partial charge in [0.15, 0.2) is 0 Å². The number of likely N-dealkylation sites (tertiary alicyclic amines) is 2. The smallest absolute Gasteiger partial charge is 0.228 e. The largest absolute Gasteiger partial charge is 0.391 e. The van der Waals surface area contributed by atoms with Gasteiger partial charge in [-0.1, -0.05) is 23.7 Å². The van der Waals surface area contributed by atoms with Crippen LogP contribution < -0.4 is 0 Å². The van der Waals surface area contributed by atoms with E-state index < -0.39 is 12.0 Å². The first-order chi connectivity index (χ1) is 10.5. The van der Waals surface area contributed by atoms with E-state index in [-0.39, 0.29) is 24.3 Å². The Morgan fingerprint density at radius 1 is 1.41 bits per heavy atom. The van der Waals surface area contributed by atoms with Crippen LogP contribution in [0.25, 0.3) is 0 Å². The number of β-amino-alcohol motifs (C(OH)–C–C–N with tert-alkyl or cyclic N) is 1. The zero-order valence-electron chi connectivity index (χ0n) is 12.4. The molecule has 0 aliphatic carbocycles. The number of nitrogens with zero attached hydrogens (tertiary/aromatic N) is 2. The van der Waals surface area contributed by atoms with Crippen LogP contribution in [-0.4, -0.2) is 53.0 Å². The van der Waals surface area contributed by atoms with Crippen molar-refractivity contribution in [3.63, 3.8) is 0 Å². The number of carbonyl (C=O) groups is 2. The quantitative estimate of drug-likeness (QED) is 0.896. The Bertz CT molecular complexity index is 607. The molecule has 0 radical (unpaired) electrons. The first kappa shape index (κ1) is 15.3. The first-order valence-electron chi connectivity index (χ1n) is 7.45. The predicted molar refractivity (Wildman–Crippen MR) is 82.3 cm³/mol. The average Bonchev–Trinajstić information content (AvgIpc) is 3.03. The summed E-state index contributed by atoms with van der Waals surface area (Å²) in [5.74, 6) is -0.511. The monoisotopic (exact) mass is 322 g/mol. The second-order valence-electron chi connectivity index (χ2n) is 6.04. The molecule has 6 heteroatoms. The topological polar surface area (TPSA) is 60.9 Å². The number of amides is 2. The molecule has 2 unspecified atom stereocenters. The summed E-state index contributed by atoms with van der Waals surface area (Å²) in [7, 11) is 1.72. The number of carbonyl (C=O) groups excluding carboxylic acids is 2. The van der Waals surface area contributed by atoms with E-state index >= 15 is 0 Å². The van der Waals surface area contributed by atoms with Gasteiger partial charge >= 0.3 is 0 Å². The fraction of sp³-hybridized carbons (Fsp3) is 0.500. The number of rotatable bonds is 2. The van der Waals surface area contributed by atoms with Crippen LogP contribution in [0.4, 0.5) is 0 Å². The summed E-state index contributed by atoms with van der Waals surface area (Å²) in [6.45, 7) is 0.909. The third kappa shape index (κ3) is 2.71. The van der Waals surface area contributed by atoms with Gasteiger partial charge < -0.3 is 14.9 Å². The van der Waals surface area contributed by atoms with Crippen molar-refractivity contribution in [3.05, 3.63) is 34.9 Å². The van der Waals surface area contributed by atoms with Crippen molar-refractivity contribution < 1.29 is 14.7 Å². The summed E-state index contributed by atoms with van der Waals surface area (Å²) < 4.78 is 0. The molecule has 1 aromatic rings. The zero-order chi connectivity index (χ0) is 15.9. The fourth-order valence-corrected chi connectivity index (χ4v) is 3.61. The second kappa shape index (κ2) is 5.89. The Hall–Kier alpha value is -1.59. The Kier molecular flexibility index (Phi) is 4.10. The van der Waals surface area contributed by atoms with Crippen LogP contribution >= 0.6 is 11.6 Å². The van der Waals surface area contributed by atoms with Gasteiger partial charge in [0.25, 0.3) is 0 Å². The van der Waals surface area contributed by atoms with Crippen molar-refractivity contribution in [1.29, 1.82) is 0 Å². The molecule has 0 spiro atoms. The molecule has 0 aromatic heterocycles. The van der Waals surface area contributed by atoms with Gasteiger partial charge in [-0.2, -0.15) is 0 Å². The van der Waals surface area contributed by atoms with Gasteiger partial charge in [0, 0.05) is 31.6 Å². The van der Waals surface area contributed by atoms with E-state index in [4.69, 9.17) is 11.6 Å². The highest BCUT2D eigenvalue weighted by Crippen LogP contribution is 2.39. The Morgan fingerprint density at radius 2 is 2.18 bits per heavy atom. The second-order valence-corrected chi connectivity index (χ2v) is 6.48. The summed E-state index contributed by atoms with van der Waals surface area (Å²) in [5.41, 5.74) is 0.874. The summed E-state index contributed by atoms with van der Waals surface area (Å²) in [4.78, 5) is 28.2. The number of halogens is 1. The van der Waals surface area contributed by atoms with Crippen LogP contribution in [0.5, 0.6) is 0 Å². The molecule has 2 fully saturated rings. The van der Waals surface area contributed by atoms with Crippen LogP contribution in [0.3, 0.4) is 0 Å². The van der Waals surface area contributed by atoms with Gasteiger partial charge in [-0.15, -0.1) is 0 Å². The molecule has 2 amide bonds. The molecule has 2 aliphatic heterocycles. The normalized spacial score (nSPS) is 28.5. The standard InChI is InChI=1S/C16H19ClN2O3/c1-18-14(21)8-13(16(22)19-6-5-12(20)9-19)15(18)10-3-2-4-11(17)7-10/h2-4,7,12-13,15,20H,5-6,8-9H2,1H3/t12-,13?,15?/m1/s1. The lowest BCUT2D eigenvalue weighted by molar-refractivity contribution is -0.135. The molecular formula is C16H19ClN2O3. The molecule has 2 aliphatic rings. The summed E-state index contributed by atoms with van der Waals surface area (Å²) >= 11 is 6.05. The first-order valence-corrected chi connectivity index (χ1v) is 7.83. The van der Waals surface area contributed by atoms with E-state index in [0.29, 0.717) is 24.5 Å². The highest BCUT2D eigenvalue weighted by Gasteiger charge is 2.45. The molecule has 1 N–H and O–H groups in total. The van der Waals surface area contributed by atoms with Gasteiger partial charge in [0.2, 0.25) is 11.8 Å². The van der Waals surface area contributed by atoms with Gasteiger partial charge in [-0.05, 0) is 24.1 Å². The summed E-state index contributed by atoms with van der Waals surface area (Å²) in [5, 5.41) is 10.2. The Balaban J connectivity index is 1.88. The molecule has 2 heterocycles. The molecule has 0 bridgehead atoms. The minimum atomic E-state index is -0.455. The van der Waals surface area contributed by atoms with E-state index in [1.165, 1.54) is 0 Å². The molecular weight excluding hydrogens is 304 g/mol. The Labute approximate surface area is 134 Å². The molecule has 3 rings (SSSR count). The van der Waals surface area contributed by atoms with Crippen molar-refractivity contribution >= 4 is 23.4 Å². The van der Waals surface area contributed by atoms with E-state index in [1.807, 2.05) is 12.1 Å². The number of aliphatic hydroxyl groups excluding tert-OH is 1. The highest BCUT2D eigenvalue weighted by atomic mass is 35.5. The number of hydrogen-bond donors (Lipinski definition) is 1. The average molecular weight is 323 g/mol. The molecule has 5 nitrogen and oxygen atoms in total. The van der Waals surface area contributed by atoms with E-state index in [2.05, 4.69) is 0 Å². The van der Waals surface area contributed by atoms with E-state index in [0.717, 1.165) is 5.56 Å². The van der Waals surface area contributed by atoms with Gasteiger partial charge in [0.1, 0.15) is 0 Å². The molecule has 2 saturated heterocycles. The van der Waals surface area contributed by atoms with Gasteiger partial charge in [0.05, 0.1) is 18.1 Å². The maximum atomic E-state index is 12.8. The van der Waals surface area contributed by atoms with Crippen LogP contribution in [-0.2, 0) is 9.59 Å². The fourth-order valence-electron chi connectivity index (χ4n) is 3.41. The van der Waals surface area contributed by atoms with Gasteiger partial charge in [-0.25, -0.2) is 0 Å². The highest BCUT2D eigenvalue weighted by molar-refractivity contribution is 6.30. The molecule has 3 atom stereocenters. The number of hydrogen-bond acceptors (Lipinski definition) is 3. The number of benzene rings is 1. The third-order valence-electron chi connectivity index (χ3n) is 4.57. The maximum Gasteiger partial charge on any atom is 0.228 e. The third-order valence-corrected chi connectivity index (χ3v) is 4.80. The SMILES string of the molecule is CN1C(=O)CC(C(=O)N2CC[C@@H](O)C2)C1c1cccc(Cl)c1. The summed E-state index contributed by atoms with van der Waals surface area (Å²) in [6, 6.07) is 7.01.